The van der Waals surface area contributed by atoms with Crippen molar-refractivity contribution in [2.75, 3.05) is 12.3 Å². The zero-order valence-corrected chi connectivity index (χ0v) is 10.2. The zero-order valence-electron chi connectivity index (χ0n) is 10.2. The molecular weight excluding hydrogens is 280 g/mol. The lowest BCUT2D eigenvalue weighted by Gasteiger charge is -2.16. The zero-order chi connectivity index (χ0) is 14.4. The van der Waals surface area contributed by atoms with Crippen LogP contribution in [0.15, 0.2) is 11.1 Å². The Morgan fingerprint density at radius 1 is 1.45 bits per heavy atom. The van der Waals surface area contributed by atoms with Gasteiger partial charge in [0.2, 0.25) is 5.95 Å². The molecule has 0 aliphatic carbocycles. The molecule has 0 saturated carbocycles. The highest BCUT2D eigenvalue weighted by molar-refractivity contribution is 5.70. The Labute approximate surface area is 111 Å². The van der Waals surface area contributed by atoms with Gasteiger partial charge in [0, 0.05) is 0 Å². The molecule has 0 spiro atoms. The number of aromatic nitrogens is 4. The average molecular weight is 293 g/mol. The monoisotopic (exact) mass is 293 g/mol. The molecule has 1 aliphatic rings. The van der Waals surface area contributed by atoms with Crippen molar-refractivity contribution in [2.45, 2.75) is 24.5 Å². The van der Waals surface area contributed by atoms with Crippen LogP contribution in [0.25, 0.3) is 11.2 Å². The summed E-state index contributed by atoms with van der Waals surface area (Å²) in [5.41, 5.74) is 5.12. The van der Waals surface area contributed by atoms with Crippen molar-refractivity contribution in [3.8, 4) is 0 Å². The first-order chi connectivity index (χ1) is 9.52. The van der Waals surface area contributed by atoms with Crippen molar-refractivity contribution < 1.29 is 20.1 Å². The van der Waals surface area contributed by atoms with E-state index >= 15 is 0 Å². The highest BCUT2D eigenvalue weighted by Crippen LogP contribution is 2.30. The topological polar surface area (TPSA) is 160 Å². The molecule has 0 bridgehead atoms. The molecule has 10 nitrogen and oxygen atoms in total. The first-order valence-corrected chi connectivity index (χ1v) is 5.87. The molecule has 1 fully saturated rings. The third-order valence-electron chi connectivity index (χ3n) is 3.24. The summed E-state index contributed by atoms with van der Waals surface area (Å²) in [6, 6.07) is 0. The Morgan fingerprint density at radius 3 is 2.85 bits per heavy atom. The van der Waals surface area contributed by atoms with E-state index in [2.05, 4.69) is 15.0 Å². The number of nitrogen functional groups attached to an aromatic ring is 1. The number of hydrogen-bond acceptors (Lipinski definition) is 8. The second-order valence-corrected chi connectivity index (χ2v) is 4.50. The van der Waals surface area contributed by atoms with Crippen molar-refractivity contribution in [1.29, 1.82) is 0 Å². The van der Waals surface area contributed by atoms with Gasteiger partial charge in [-0.1, -0.05) is 0 Å². The molecule has 3 heterocycles. The van der Waals surface area contributed by atoms with E-state index in [0.29, 0.717) is 0 Å². The van der Waals surface area contributed by atoms with Crippen LogP contribution in [0.2, 0.25) is 0 Å². The number of imidazole rings is 1. The molecule has 6 N–H and O–H groups in total. The summed E-state index contributed by atoms with van der Waals surface area (Å²) in [5, 5.41) is 28.7. The number of hydrogen-bond donors (Lipinski definition) is 5. The molecule has 20 heavy (non-hydrogen) atoms. The quantitative estimate of drug-likeness (QED) is 0.374. The molecule has 2 aromatic heterocycles. The third kappa shape index (κ3) is 1.78. The van der Waals surface area contributed by atoms with E-state index in [9.17, 15) is 15.0 Å². The predicted octanol–water partition coefficient (Wildman–Crippen LogP) is -2.69. The summed E-state index contributed by atoms with van der Waals surface area (Å²) < 4.78 is 6.64. The van der Waals surface area contributed by atoms with Crippen molar-refractivity contribution >= 4 is 17.1 Å². The van der Waals surface area contributed by atoms with E-state index in [1.165, 1.54) is 10.9 Å². The Hall–Kier alpha value is -2.01. The first kappa shape index (κ1) is 13.0. The van der Waals surface area contributed by atoms with E-state index < -0.39 is 36.7 Å². The van der Waals surface area contributed by atoms with Crippen LogP contribution in [0.5, 0.6) is 0 Å². The van der Waals surface area contributed by atoms with Gasteiger partial charge in [0.15, 0.2) is 17.4 Å². The van der Waals surface area contributed by atoms with Crippen LogP contribution in [0.3, 0.4) is 0 Å². The second kappa shape index (κ2) is 4.52. The van der Waals surface area contributed by atoms with E-state index in [0.717, 1.165) is 0 Å². The Bertz CT molecular complexity index is 697. The third-order valence-corrected chi connectivity index (χ3v) is 3.24. The van der Waals surface area contributed by atoms with Crippen LogP contribution in [0.1, 0.15) is 6.23 Å². The Morgan fingerprint density at radius 2 is 2.20 bits per heavy atom. The lowest BCUT2D eigenvalue weighted by atomic mass is 11.1. The number of anilines is 1. The van der Waals surface area contributed by atoms with Gasteiger partial charge in [-0.2, -0.15) is 4.98 Å². The van der Waals surface area contributed by atoms with Crippen LogP contribution < -0.4 is 11.3 Å². The average Bonchev–Trinajstić information content (AvgIpc) is 2.93. The number of H-pyrrole nitrogens is 1. The smallest absolute Gasteiger partial charge is 0.280 e. The number of ether oxygens (including phenoxy) is 1. The van der Waals surface area contributed by atoms with Gasteiger partial charge in [0.25, 0.3) is 5.56 Å². The molecular formula is C10H13N5O5. The van der Waals surface area contributed by atoms with Gasteiger partial charge < -0.3 is 25.8 Å². The molecule has 1 unspecified atom stereocenters. The number of nitrogens with two attached hydrogens (primary N) is 1. The summed E-state index contributed by atoms with van der Waals surface area (Å²) in [7, 11) is 0. The highest BCUT2D eigenvalue weighted by Gasteiger charge is 2.44. The Kier molecular flexibility index (Phi) is 2.94. The number of aliphatic hydroxyl groups excluding tert-OH is 3. The molecule has 0 aromatic carbocycles. The summed E-state index contributed by atoms with van der Waals surface area (Å²) >= 11 is 0. The maximum atomic E-state index is 11.7. The van der Waals surface area contributed by atoms with Gasteiger partial charge in [0.1, 0.15) is 18.3 Å². The summed E-state index contributed by atoms with van der Waals surface area (Å²) in [5.74, 6) is -0.101. The van der Waals surface area contributed by atoms with Gasteiger partial charge in [-0.15, -0.1) is 0 Å². The van der Waals surface area contributed by atoms with Gasteiger partial charge in [-0.3, -0.25) is 14.3 Å². The van der Waals surface area contributed by atoms with E-state index in [1.54, 1.807) is 0 Å². The molecule has 4 atom stereocenters. The Balaban J connectivity index is 2.09. The fourth-order valence-corrected chi connectivity index (χ4v) is 2.24. The minimum absolute atomic E-state index is 0.0388. The van der Waals surface area contributed by atoms with Gasteiger partial charge in [0.05, 0.1) is 12.9 Å². The van der Waals surface area contributed by atoms with Gasteiger partial charge in [-0.25, -0.2) is 4.98 Å². The number of rotatable bonds is 2. The molecule has 3 rings (SSSR count). The standard InChI is InChI=1S/C10H13N5O5/c11-10-13-7-4(8(19)14-10)12-2-15(7)9-6(18)5(17)3(1-16)20-9/h2-3,5-6,9,16-18H,1H2,(H3,11,13,14,19)/t3-,5?,6+,9-/m1/s1/i1+1,2+1,3+1,4+1,5+1,6+1,7+1,8+1,9+1,10+1. The fourth-order valence-electron chi connectivity index (χ4n) is 2.24. The highest BCUT2D eigenvalue weighted by atomic mass is 16.8. The maximum absolute atomic E-state index is 11.7. The van der Waals surface area contributed by atoms with Crippen LogP contribution in [0, 0.1) is 0 Å². The van der Waals surface area contributed by atoms with Crippen molar-refractivity contribution in [1.82, 2.24) is 19.5 Å². The molecule has 108 valence electrons. The van der Waals surface area contributed by atoms with Crippen molar-refractivity contribution in [3.63, 3.8) is 0 Å². The van der Waals surface area contributed by atoms with Crippen LogP contribution in [-0.2, 0) is 4.74 Å². The van der Waals surface area contributed by atoms with Gasteiger partial charge in [-0.05, 0) is 0 Å². The largest absolute Gasteiger partial charge is 0.394 e. The number of nitrogens with zero attached hydrogens (tertiary/aromatic N) is 3. The SMILES string of the molecule is N[13c]1n[13c]2[13c](n[13cH]n2[13C@@H]2O[13C@H]([13CH2]O)[13CH](O)[13C@@H]2O)[13c](=O)[nH]1. The van der Waals surface area contributed by atoms with Crippen molar-refractivity contribution in [2.24, 2.45) is 0 Å². The number of fused-ring (bicyclic) bond motifs is 1. The number of aliphatic hydroxyl groups is 3. The van der Waals surface area contributed by atoms with Crippen LogP contribution in [0.4, 0.5) is 5.95 Å². The normalized spacial score (nSPS) is 30.1. The van der Waals surface area contributed by atoms with E-state index in [-0.39, 0.29) is 17.1 Å². The lowest BCUT2D eigenvalue weighted by Crippen LogP contribution is -2.33. The van der Waals surface area contributed by atoms with Crippen LogP contribution >= 0.6 is 0 Å². The predicted molar refractivity (Wildman–Crippen MR) is 65.6 cm³/mol. The molecule has 2 aromatic rings. The van der Waals surface area contributed by atoms with Gasteiger partial charge >= 0.3 is 0 Å². The first-order valence-electron chi connectivity index (χ1n) is 5.87. The molecule has 10 heteroatoms. The summed E-state index contributed by atoms with van der Waals surface area (Å²) in [6.45, 7) is -0.447. The number of aromatic amines is 1. The molecule has 0 amide bonds. The van der Waals surface area contributed by atoms with E-state index in [1.807, 2.05) is 0 Å². The van der Waals surface area contributed by atoms with Crippen LogP contribution in [-0.4, -0.2) is 59.8 Å². The minimum atomic E-state index is -1.29. The van der Waals surface area contributed by atoms with Crippen molar-refractivity contribution in [3.05, 3.63) is 16.7 Å². The number of nitrogens with one attached hydrogen (secondary N) is 1. The van der Waals surface area contributed by atoms with E-state index in [4.69, 9.17) is 15.6 Å². The molecule has 1 saturated heterocycles. The molecule has 1 aliphatic heterocycles. The lowest BCUT2D eigenvalue weighted by molar-refractivity contribution is -0.0511. The maximum Gasteiger partial charge on any atom is 0.280 e. The summed E-state index contributed by atoms with van der Waals surface area (Å²) in [4.78, 5) is 21.8. The fraction of sp³-hybridized carbons (Fsp3) is 0.500. The minimum Gasteiger partial charge on any atom is -0.394 e. The summed E-state index contributed by atoms with van der Waals surface area (Å²) in [6.07, 6.45) is -3.21. The second-order valence-electron chi connectivity index (χ2n) is 4.50. The molecule has 0 radical (unpaired) electrons.